The van der Waals surface area contributed by atoms with E-state index < -0.39 is 0 Å². The minimum absolute atomic E-state index is 0.250. The highest BCUT2D eigenvalue weighted by atomic mass is 32.2. The number of amides is 1. The second-order valence-corrected chi connectivity index (χ2v) is 5.16. The van der Waals surface area contributed by atoms with Crippen LogP contribution in [-0.2, 0) is 4.79 Å². The first kappa shape index (κ1) is 11.5. The molecule has 1 amide bonds. The van der Waals surface area contributed by atoms with Gasteiger partial charge in [0.05, 0.1) is 6.04 Å². The maximum atomic E-state index is 11.0. The number of rotatable bonds is 3. The van der Waals surface area contributed by atoms with E-state index >= 15 is 0 Å². The van der Waals surface area contributed by atoms with E-state index in [-0.39, 0.29) is 18.0 Å². The fraction of sp³-hybridized carbons (Fsp3) is 0.417. The van der Waals surface area contributed by atoms with Crippen LogP contribution < -0.4 is 11.1 Å². The van der Waals surface area contributed by atoms with Crippen molar-refractivity contribution in [3.63, 3.8) is 0 Å². The first-order chi connectivity index (χ1) is 7.68. The summed E-state index contributed by atoms with van der Waals surface area (Å²) in [6.07, 6.45) is 1.04. The number of nitrogens with one attached hydrogen (secondary N) is 1. The molecule has 1 aromatic carbocycles. The normalized spacial score (nSPS) is 21.2. The number of hydrogen-bond donors (Lipinski definition) is 2. The minimum Gasteiger partial charge on any atom is -0.368 e. The average molecular weight is 236 g/mol. The number of nitrogens with two attached hydrogens (primary N) is 1. The zero-order valence-corrected chi connectivity index (χ0v) is 10.1. The SMILES string of the molecule is CC(NC1CCSc2ccccc21)C(N)=O. The van der Waals surface area contributed by atoms with Gasteiger partial charge in [-0.3, -0.25) is 10.1 Å². The van der Waals surface area contributed by atoms with Gasteiger partial charge in [-0.15, -0.1) is 11.8 Å². The fourth-order valence-corrected chi connectivity index (χ4v) is 3.02. The smallest absolute Gasteiger partial charge is 0.234 e. The summed E-state index contributed by atoms with van der Waals surface area (Å²) in [5.41, 5.74) is 6.55. The van der Waals surface area contributed by atoms with E-state index in [1.807, 2.05) is 30.8 Å². The first-order valence-corrected chi connectivity index (χ1v) is 6.44. The van der Waals surface area contributed by atoms with E-state index in [1.165, 1.54) is 10.5 Å². The molecule has 16 heavy (non-hydrogen) atoms. The van der Waals surface area contributed by atoms with Crippen LogP contribution in [0.1, 0.15) is 24.9 Å². The number of fused-ring (bicyclic) bond motifs is 1. The lowest BCUT2D eigenvalue weighted by atomic mass is 10.0. The summed E-state index contributed by atoms with van der Waals surface area (Å²) in [6.45, 7) is 1.81. The predicted molar refractivity (Wildman–Crippen MR) is 66.3 cm³/mol. The maximum absolute atomic E-state index is 11.0. The lowest BCUT2D eigenvalue weighted by molar-refractivity contribution is -0.119. The summed E-state index contributed by atoms with van der Waals surface area (Å²) in [6, 6.07) is 8.30. The molecule has 0 spiro atoms. The lowest BCUT2D eigenvalue weighted by Crippen LogP contribution is -2.41. The van der Waals surface area contributed by atoms with E-state index in [0.717, 1.165) is 12.2 Å². The summed E-state index contributed by atoms with van der Waals surface area (Å²) < 4.78 is 0. The summed E-state index contributed by atoms with van der Waals surface area (Å²) in [7, 11) is 0. The zero-order chi connectivity index (χ0) is 11.5. The van der Waals surface area contributed by atoms with Crippen molar-refractivity contribution in [2.75, 3.05) is 5.75 Å². The van der Waals surface area contributed by atoms with Crippen molar-refractivity contribution >= 4 is 17.7 Å². The second kappa shape index (κ2) is 4.89. The highest BCUT2D eigenvalue weighted by Crippen LogP contribution is 2.35. The van der Waals surface area contributed by atoms with Crippen molar-refractivity contribution in [1.29, 1.82) is 0 Å². The van der Waals surface area contributed by atoms with Crippen LogP contribution in [0.15, 0.2) is 29.2 Å². The molecule has 4 heteroatoms. The Morgan fingerprint density at radius 3 is 3.06 bits per heavy atom. The van der Waals surface area contributed by atoms with Gasteiger partial charge in [0.1, 0.15) is 0 Å². The Balaban J connectivity index is 2.16. The van der Waals surface area contributed by atoms with Crippen molar-refractivity contribution in [2.45, 2.75) is 30.3 Å². The Hall–Kier alpha value is -1.00. The molecule has 2 atom stereocenters. The van der Waals surface area contributed by atoms with Crippen LogP contribution in [0.4, 0.5) is 0 Å². The molecule has 0 aliphatic carbocycles. The third kappa shape index (κ3) is 2.39. The molecule has 1 heterocycles. The third-order valence-electron chi connectivity index (χ3n) is 2.84. The van der Waals surface area contributed by atoms with Crippen LogP contribution in [0, 0.1) is 0 Å². The third-order valence-corrected chi connectivity index (χ3v) is 3.96. The number of carbonyl (C=O) groups is 1. The Kier molecular flexibility index (Phi) is 3.51. The van der Waals surface area contributed by atoms with Crippen LogP contribution in [0.25, 0.3) is 0 Å². The number of benzene rings is 1. The Bertz CT molecular complexity index is 394. The predicted octanol–water partition coefficient (Wildman–Crippen LogP) is 1.69. The first-order valence-electron chi connectivity index (χ1n) is 5.45. The molecule has 0 bridgehead atoms. The Morgan fingerprint density at radius 2 is 2.31 bits per heavy atom. The second-order valence-electron chi connectivity index (χ2n) is 4.02. The van der Waals surface area contributed by atoms with Crippen LogP contribution in [0.5, 0.6) is 0 Å². The molecule has 2 rings (SSSR count). The fourth-order valence-electron chi connectivity index (χ4n) is 1.90. The van der Waals surface area contributed by atoms with Gasteiger partial charge in [-0.1, -0.05) is 18.2 Å². The van der Waals surface area contributed by atoms with Crippen molar-refractivity contribution in [3.8, 4) is 0 Å². The number of hydrogen-bond acceptors (Lipinski definition) is 3. The molecule has 1 aliphatic rings. The quantitative estimate of drug-likeness (QED) is 0.839. The molecule has 86 valence electrons. The molecule has 3 nitrogen and oxygen atoms in total. The van der Waals surface area contributed by atoms with Gasteiger partial charge in [-0.2, -0.15) is 0 Å². The molecular weight excluding hydrogens is 220 g/mol. The molecule has 1 aliphatic heterocycles. The lowest BCUT2D eigenvalue weighted by Gasteiger charge is -2.27. The molecule has 0 saturated heterocycles. The highest BCUT2D eigenvalue weighted by molar-refractivity contribution is 7.99. The molecule has 1 aromatic rings. The van der Waals surface area contributed by atoms with Gasteiger partial charge in [0, 0.05) is 10.9 Å². The van der Waals surface area contributed by atoms with Crippen LogP contribution in [0.2, 0.25) is 0 Å². The number of thioether (sulfide) groups is 1. The topological polar surface area (TPSA) is 55.1 Å². The summed E-state index contributed by atoms with van der Waals surface area (Å²) in [5.74, 6) is 0.788. The molecule has 3 N–H and O–H groups in total. The van der Waals surface area contributed by atoms with E-state index in [2.05, 4.69) is 17.4 Å². The monoisotopic (exact) mass is 236 g/mol. The summed E-state index contributed by atoms with van der Waals surface area (Å²) in [5, 5.41) is 3.29. The Labute approximate surface area is 99.8 Å². The van der Waals surface area contributed by atoms with Gasteiger partial charge >= 0.3 is 0 Å². The van der Waals surface area contributed by atoms with E-state index in [0.29, 0.717) is 0 Å². The highest BCUT2D eigenvalue weighted by Gasteiger charge is 2.22. The molecule has 0 radical (unpaired) electrons. The minimum atomic E-state index is -0.296. The van der Waals surface area contributed by atoms with Crippen molar-refractivity contribution in [3.05, 3.63) is 29.8 Å². The van der Waals surface area contributed by atoms with Crippen molar-refractivity contribution < 1.29 is 4.79 Å². The molecule has 0 saturated carbocycles. The van der Waals surface area contributed by atoms with Gasteiger partial charge in [0.15, 0.2) is 0 Å². The Morgan fingerprint density at radius 1 is 1.56 bits per heavy atom. The van der Waals surface area contributed by atoms with Gasteiger partial charge in [-0.05, 0) is 30.7 Å². The summed E-state index contributed by atoms with van der Waals surface area (Å²) in [4.78, 5) is 12.3. The number of carbonyl (C=O) groups excluding carboxylic acids is 1. The average Bonchev–Trinajstić information content (AvgIpc) is 2.29. The zero-order valence-electron chi connectivity index (χ0n) is 9.27. The van der Waals surface area contributed by atoms with Crippen molar-refractivity contribution in [1.82, 2.24) is 5.32 Å². The van der Waals surface area contributed by atoms with Gasteiger partial charge in [0.25, 0.3) is 0 Å². The van der Waals surface area contributed by atoms with Crippen molar-refractivity contribution in [2.24, 2.45) is 5.73 Å². The molecule has 0 aromatic heterocycles. The van der Waals surface area contributed by atoms with Gasteiger partial charge in [0.2, 0.25) is 5.91 Å². The van der Waals surface area contributed by atoms with E-state index in [4.69, 9.17) is 5.73 Å². The molecule has 0 fully saturated rings. The van der Waals surface area contributed by atoms with E-state index in [9.17, 15) is 4.79 Å². The standard InChI is InChI=1S/C12H16N2OS/c1-8(12(13)15)14-10-6-7-16-11-5-3-2-4-9(10)11/h2-5,8,10,14H,6-7H2,1H3,(H2,13,15). The largest absolute Gasteiger partial charge is 0.368 e. The van der Waals surface area contributed by atoms with E-state index in [1.54, 1.807) is 0 Å². The van der Waals surface area contributed by atoms with Gasteiger partial charge < -0.3 is 5.73 Å². The molecule has 2 unspecified atom stereocenters. The maximum Gasteiger partial charge on any atom is 0.234 e. The van der Waals surface area contributed by atoms with Crippen LogP contribution >= 0.6 is 11.8 Å². The number of primary amides is 1. The summed E-state index contributed by atoms with van der Waals surface area (Å²) >= 11 is 1.87. The van der Waals surface area contributed by atoms with Crippen LogP contribution in [-0.4, -0.2) is 17.7 Å². The van der Waals surface area contributed by atoms with Gasteiger partial charge in [-0.25, -0.2) is 0 Å². The molecular formula is C12H16N2OS. The van der Waals surface area contributed by atoms with Crippen LogP contribution in [0.3, 0.4) is 0 Å².